The summed E-state index contributed by atoms with van der Waals surface area (Å²) in [5, 5.41) is 2.72. The lowest BCUT2D eigenvalue weighted by Crippen LogP contribution is -2.25. The first-order valence-electron chi connectivity index (χ1n) is 12.9. The quantitative estimate of drug-likeness (QED) is 0.219. The van der Waals surface area contributed by atoms with Crippen LogP contribution in [0, 0.1) is 0 Å². The molecule has 4 rings (SSSR count). The number of phosphoric acid groups is 1. The van der Waals surface area contributed by atoms with Gasteiger partial charge in [-0.2, -0.15) is 0 Å². The van der Waals surface area contributed by atoms with E-state index in [1.807, 2.05) is 13.8 Å². The number of hydrogen-bond acceptors (Lipinski definition) is 12. The lowest BCUT2D eigenvalue weighted by molar-refractivity contribution is -0.153. The number of imidazole rings is 1. The molecule has 220 valence electrons. The Balaban J connectivity index is 1.52. The van der Waals surface area contributed by atoms with Gasteiger partial charge in [0.15, 0.2) is 23.1 Å². The molecule has 2 N–H and O–H groups in total. The number of nitrogens with zero attached hydrogens (tertiary/aromatic N) is 6. The summed E-state index contributed by atoms with van der Waals surface area (Å²) in [6.45, 7) is 3.26. The molecule has 0 aliphatic carbocycles. The van der Waals surface area contributed by atoms with Crippen LogP contribution in [0.3, 0.4) is 0 Å². The first kappa shape index (κ1) is 29.9. The average Bonchev–Trinajstić information content (AvgIpc) is 3.52. The molecule has 0 bridgehead atoms. The van der Waals surface area contributed by atoms with Gasteiger partial charge in [0.05, 0.1) is 0 Å². The van der Waals surface area contributed by atoms with E-state index in [1.165, 1.54) is 35.6 Å². The van der Waals surface area contributed by atoms with Crippen LogP contribution in [0.25, 0.3) is 11.2 Å². The molecule has 0 saturated carbocycles. The minimum Gasteiger partial charge on any atom is -0.468 e. The number of nitrogens with one attached hydrogen (secondary N) is 1. The molecule has 3 aromatic rings. The van der Waals surface area contributed by atoms with Gasteiger partial charge in [-0.3, -0.25) is 23.6 Å². The van der Waals surface area contributed by atoms with Crippen LogP contribution >= 0.6 is 7.82 Å². The van der Waals surface area contributed by atoms with Crippen LogP contribution in [0.4, 0.5) is 11.5 Å². The zero-order chi connectivity index (χ0) is 29.6. The van der Waals surface area contributed by atoms with Crippen LogP contribution in [0.1, 0.15) is 45.8 Å². The van der Waals surface area contributed by atoms with E-state index in [4.69, 9.17) is 18.5 Å². The molecule has 0 radical (unpaired) electrons. The monoisotopic (exact) mass is 589 g/mol. The van der Waals surface area contributed by atoms with Crippen molar-refractivity contribution in [2.24, 2.45) is 0 Å². The fourth-order valence-corrected chi connectivity index (χ4v) is 4.58. The SMILES string of the molecule is CCCC(=O)Nc1ncnc2c1ncn2[C@@H]1OC(COP(=O)(O)Oc2cc(N(C)C)ccn2)=C[C@H]1OC(=O)CCC. The third-order valence-corrected chi connectivity index (χ3v) is 6.68. The zero-order valence-electron chi connectivity index (χ0n) is 23.1. The van der Waals surface area contributed by atoms with Crippen molar-refractivity contribution in [1.82, 2.24) is 24.5 Å². The lowest BCUT2D eigenvalue weighted by atomic mass is 10.3. The van der Waals surface area contributed by atoms with E-state index in [-0.39, 0.29) is 29.8 Å². The smallest absolute Gasteiger partial charge is 0.468 e. The maximum Gasteiger partial charge on any atom is 0.529 e. The summed E-state index contributed by atoms with van der Waals surface area (Å²) in [6, 6.07) is 3.20. The third kappa shape index (κ3) is 7.57. The van der Waals surface area contributed by atoms with E-state index in [2.05, 4.69) is 25.3 Å². The second-order valence-electron chi connectivity index (χ2n) is 9.27. The number of esters is 1. The molecule has 41 heavy (non-hydrogen) atoms. The molecular weight excluding hydrogens is 557 g/mol. The predicted molar refractivity (Wildman–Crippen MR) is 147 cm³/mol. The minimum absolute atomic E-state index is 0.0981. The lowest BCUT2D eigenvalue weighted by Gasteiger charge is -2.21. The summed E-state index contributed by atoms with van der Waals surface area (Å²) in [5.41, 5.74) is 1.33. The van der Waals surface area contributed by atoms with Crippen molar-refractivity contribution >= 4 is 42.4 Å². The third-order valence-electron chi connectivity index (χ3n) is 5.81. The Morgan fingerprint density at radius 1 is 1.17 bits per heavy atom. The Kier molecular flexibility index (Phi) is 9.53. The summed E-state index contributed by atoms with van der Waals surface area (Å²) in [7, 11) is -1.00. The molecule has 0 saturated heterocycles. The molecule has 15 nitrogen and oxygen atoms in total. The largest absolute Gasteiger partial charge is 0.529 e. The van der Waals surface area contributed by atoms with Crippen molar-refractivity contribution in [3.8, 4) is 5.88 Å². The fraction of sp³-hybridized carbons (Fsp3) is 0.440. The summed E-state index contributed by atoms with van der Waals surface area (Å²) in [6.07, 6.45) is 5.43. The number of hydrogen-bond donors (Lipinski definition) is 2. The van der Waals surface area contributed by atoms with Gasteiger partial charge in [-0.05, 0) is 18.9 Å². The number of amides is 1. The number of carbonyl (C=O) groups excluding carboxylic acids is 2. The number of anilines is 2. The van der Waals surface area contributed by atoms with Crippen LogP contribution in [-0.4, -0.2) is 68.1 Å². The molecule has 0 fully saturated rings. The second-order valence-corrected chi connectivity index (χ2v) is 10.6. The van der Waals surface area contributed by atoms with Gasteiger partial charge in [0.25, 0.3) is 0 Å². The highest BCUT2D eigenvalue weighted by Gasteiger charge is 2.37. The summed E-state index contributed by atoms with van der Waals surface area (Å²) >= 11 is 0. The minimum atomic E-state index is -4.61. The normalized spacial score (nSPS) is 17.8. The molecular formula is C25H32N7O8P. The number of carbonyl (C=O) groups is 2. The van der Waals surface area contributed by atoms with Crippen molar-refractivity contribution in [2.45, 2.75) is 51.9 Å². The Morgan fingerprint density at radius 2 is 1.95 bits per heavy atom. The number of rotatable bonds is 13. The highest BCUT2D eigenvalue weighted by Crippen LogP contribution is 2.45. The Bertz CT molecular complexity index is 1480. The molecule has 1 amide bonds. The molecule has 16 heteroatoms. The van der Waals surface area contributed by atoms with E-state index < -0.39 is 32.7 Å². The summed E-state index contributed by atoms with van der Waals surface area (Å²) in [5.74, 6) is -0.430. The van der Waals surface area contributed by atoms with E-state index in [9.17, 15) is 19.0 Å². The first-order valence-corrected chi connectivity index (χ1v) is 14.4. The average molecular weight is 590 g/mol. The van der Waals surface area contributed by atoms with E-state index in [1.54, 1.807) is 25.1 Å². The number of fused-ring (bicyclic) bond motifs is 1. The van der Waals surface area contributed by atoms with Crippen molar-refractivity contribution in [3.05, 3.63) is 42.8 Å². The molecule has 1 unspecified atom stereocenters. The van der Waals surface area contributed by atoms with Crippen LogP contribution in [0.2, 0.25) is 0 Å². The summed E-state index contributed by atoms with van der Waals surface area (Å²) < 4.78 is 36.0. The van der Waals surface area contributed by atoms with Crippen LogP contribution in [0.5, 0.6) is 5.88 Å². The van der Waals surface area contributed by atoms with E-state index in [0.717, 1.165) is 0 Å². The van der Waals surface area contributed by atoms with E-state index >= 15 is 0 Å². The van der Waals surface area contributed by atoms with Gasteiger partial charge in [-0.15, -0.1) is 0 Å². The number of pyridine rings is 1. The second kappa shape index (κ2) is 13.1. The Morgan fingerprint density at radius 3 is 2.68 bits per heavy atom. The predicted octanol–water partition coefficient (Wildman–Crippen LogP) is 3.35. The number of ether oxygens (including phenoxy) is 2. The summed E-state index contributed by atoms with van der Waals surface area (Å²) in [4.78, 5) is 53.3. The van der Waals surface area contributed by atoms with Gasteiger partial charge in [-0.1, -0.05) is 13.8 Å². The highest BCUT2D eigenvalue weighted by molar-refractivity contribution is 7.47. The molecule has 0 spiro atoms. The molecule has 3 atom stereocenters. The maximum atomic E-state index is 12.6. The van der Waals surface area contributed by atoms with Gasteiger partial charge in [0, 0.05) is 51.0 Å². The maximum absolute atomic E-state index is 12.6. The number of aromatic nitrogens is 5. The number of phosphoric ester groups is 1. The topological polar surface area (TPSA) is 180 Å². The molecule has 1 aliphatic rings. The van der Waals surface area contributed by atoms with Gasteiger partial charge < -0.3 is 24.2 Å². The van der Waals surface area contributed by atoms with Crippen LogP contribution in [0.15, 0.2) is 42.8 Å². The van der Waals surface area contributed by atoms with Gasteiger partial charge in [-0.25, -0.2) is 24.5 Å². The van der Waals surface area contributed by atoms with Crippen molar-refractivity contribution in [1.29, 1.82) is 0 Å². The van der Waals surface area contributed by atoms with Crippen molar-refractivity contribution in [2.75, 3.05) is 30.9 Å². The highest BCUT2D eigenvalue weighted by atomic mass is 31.2. The molecule has 0 aromatic carbocycles. The van der Waals surface area contributed by atoms with Gasteiger partial charge >= 0.3 is 13.8 Å². The van der Waals surface area contributed by atoms with Gasteiger partial charge in [0.2, 0.25) is 18.0 Å². The van der Waals surface area contributed by atoms with Gasteiger partial charge in [0.1, 0.15) is 25.0 Å². The molecule has 1 aliphatic heterocycles. The zero-order valence-corrected chi connectivity index (χ0v) is 24.0. The van der Waals surface area contributed by atoms with E-state index in [0.29, 0.717) is 36.1 Å². The Labute approximate surface area is 236 Å². The molecule has 3 aromatic heterocycles. The fourth-order valence-electron chi connectivity index (χ4n) is 3.90. The molecule has 4 heterocycles. The first-order chi connectivity index (χ1) is 19.6. The Hall–Kier alpha value is -4.07. The standard InChI is InChI=1S/C25H32N7O8P/c1-5-7-19(33)30-23-22-24(28-14-27-23)32(15-29-22)25-18(39-21(34)8-6-2)12-17(38-25)13-37-41(35,36)40-20-11-16(31(3)4)9-10-26-20/h9-12,14-15,18,25H,5-8,13H2,1-4H3,(H,35,36)(H,27,28,30,33)/t18-,25-/m1/s1. The van der Waals surface area contributed by atoms with Crippen molar-refractivity contribution in [3.63, 3.8) is 0 Å². The van der Waals surface area contributed by atoms with Crippen LogP contribution < -0.4 is 14.7 Å². The van der Waals surface area contributed by atoms with Crippen molar-refractivity contribution < 1.29 is 37.6 Å². The van der Waals surface area contributed by atoms with Crippen LogP contribution in [-0.2, 0) is 28.2 Å².